The quantitative estimate of drug-likeness (QED) is 0.889. The van der Waals surface area contributed by atoms with E-state index >= 15 is 0 Å². The molecule has 2 rings (SSSR count). The van der Waals surface area contributed by atoms with Crippen molar-refractivity contribution < 1.29 is 8.78 Å². The summed E-state index contributed by atoms with van der Waals surface area (Å²) < 4.78 is 27.1. The van der Waals surface area contributed by atoms with Crippen LogP contribution >= 0.6 is 0 Å². The summed E-state index contributed by atoms with van der Waals surface area (Å²) in [7, 11) is 1.71. The summed E-state index contributed by atoms with van der Waals surface area (Å²) in [6.07, 6.45) is 0. The van der Waals surface area contributed by atoms with Gasteiger partial charge in [0.15, 0.2) is 0 Å². The van der Waals surface area contributed by atoms with E-state index in [1.165, 1.54) is 6.07 Å². The zero-order valence-electron chi connectivity index (χ0n) is 10.7. The van der Waals surface area contributed by atoms with E-state index in [-0.39, 0.29) is 6.04 Å². The van der Waals surface area contributed by atoms with Gasteiger partial charge in [0.05, 0.1) is 6.04 Å². The maximum Gasteiger partial charge on any atom is 0.128 e. The van der Waals surface area contributed by atoms with Crippen LogP contribution in [-0.4, -0.2) is 7.05 Å². The predicted octanol–water partition coefficient (Wildman–Crippen LogP) is 2.73. The number of nitrogens with one attached hydrogen (secondary N) is 1. The topological polar surface area (TPSA) is 38.0 Å². The van der Waals surface area contributed by atoms with Crippen LogP contribution in [0.4, 0.5) is 8.78 Å². The first-order valence-electron chi connectivity index (χ1n) is 6.07. The van der Waals surface area contributed by atoms with Crippen molar-refractivity contribution >= 4 is 0 Å². The van der Waals surface area contributed by atoms with Crippen LogP contribution in [0.3, 0.4) is 0 Å². The molecule has 2 aromatic rings. The molecule has 0 aromatic heterocycles. The largest absolute Gasteiger partial charge is 0.326 e. The van der Waals surface area contributed by atoms with Crippen molar-refractivity contribution in [2.75, 3.05) is 7.05 Å². The number of halogens is 2. The van der Waals surface area contributed by atoms with Crippen molar-refractivity contribution in [3.8, 4) is 0 Å². The number of rotatable bonds is 4. The minimum absolute atomic E-state index is 0.294. The number of nitrogens with two attached hydrogens (primary N) is 1. The standard InChI is InChI=1S/C15H16F2N2/c1-19-15(11-4-2-10(9-18)3-5-11)13-8-12(16)6-7-14(13)17/h2-8,15,19H,9,18H2,1H3. The molecule has 0 amide bonds. The molecule has 100 valence electrons. The van der Waals surface area contributed by atoms with Gasteiger partial charge in [-0.1, -0.05) is 24.3 Å². The first-order chi connectivity index (χ1) is 9.15. The van der Waals surface area contributed by atoms with Gasteiger partial charge in [-0.15, -0.1) is 0 Å². The fourth-order valence-electron chi connectivity index (χ4n) is 2.08. The van der Waals surface area contributed by atoms with Gasteiger partial charge in [0, 0.05) is 12.1 Å². The molecule has 2 aromatic carbocycles. The van der Waals surface area contributed by atoms with E-state index in [1.807, 2.05) is 24.3 Å². The molecular formula is C15H16F2N2. The van der Waals surface area contributed by atoms with Crippen LogP contribution in [0.25, 0.3) is 0 Å². The van der Waals surface area contributed by atoms with Crippen molar-refractivity contribution in [3.63, 3.8) is 0 Å². The molecular weight excluding hydrogens is 246 g/mol. The van der Waals surface area contributed by atoms with E-state index in [9.17, 15) is 8.78 Å². The Morgan fingerprint density at radius 2 is 1.79 bits per heavy atom. The molecule has 0 saturated carbocycles. The third-order valence-corrected chi connectivity index (χ3v) is 3.11. The minimum atomic E-state index is -0.449. The van der Waals surface area contributed by atoms with E-state index < -0.39 is 11.6 Å². The lowest BCUT2D eigenvalue weighted by atomic mass is 9.97. The van der Waals surface area contributed by atoms with E-state index in [2.05, 4.69) is 5.32 Å². The highest BCUT2D eigenvalue weighted by molar-refractivity contribution is 5.34. The monoisotopic (exact) mass is 262 g/mol. The van der Waals surface area contributed by atoms with E-state index in [0.717, 1.165) is 23.3 Å². The van der Waals surface area contributed by atoms with Gasteiger partial charge in [-0.3, -0.25) is 0 Å². The average molecular weight is 262 g/mol. The summed E-state index contributed by atoms with van der Waals surface area (Å²) in [5.74, 6) is -0.876. The van der Waals surface area contributed by atoms with Crippen LogP contribution in [0.5, 0.6) is 0 Å². The summed E-state index contributed by atoms with van der Waals surface area (Å²) in [5.41, 5.74) is 7.70. The summed E-state index contributed by atoms with van der Waals surface area (Å²) in [5, 5.41) is 3.00. The SMILES string of the molecule is CNC(c1ccc(CN)cc1)c1cc(F)ccc1F. The Morgan fingerprint density at radius 1 is 1.11 bits per heavy atom. The highest BCUT2D eigenvalue weighted by Crippen LogP contribution is 2.25. The third-order valence-electron chi connectivity index (χ3n) is 3.11. The Morgan fingerprint density at radius 3 is 2.37 bits per heavy atom. The van der Waals surface area contributed by atoms with Crippen molar-refractivity contribution in [2.24, 2.45) is 5.73 Å². The molecule has 0 aliphatic carbocycles. The lowest BCUT2D eigenvalue weighted by molar-refractivity contribution is 0.558. The second-order valence-corrected chi connectivity index (χ2v) is 4.33. The summed E-state index contributed by atoms with van der Waals surface area (Å²) in [6.45, 7) is 0.457. The number of benzene rings is 2. The Balaban J connectivity index is 2.40. The van der Waals surface area contributed by atoms with Gasteiger partial charge in [0.25, 0.3) is 0 Å². The molecule has 3 N–H and O–H groups in total. The van der Waals surface area contributed by atoms with Crippen molar-refractivity contribution in [3.05, 3.63) is 70.8 Å². The highest BCUT2D eigenvalue weighted by Gasteiger charge is 2.16. The fraction of sp³-hybridized carbons (Fsp3) is 0.200. The van der Waals surface area contributed by atoms with Crippen LogP contribution in [0.15, 0.2) is 42.5 Å². The molecule has 0 spiro atoms. The van der Waals surface area contributed by atoms with Gasteiger partial charge in [-0.2, -0.15) is 0 Å². The Labute approximate surface area is 111 Å². The van der Waals surface area contributed by atoms with Gasteiger partial charge in [0.1, 0.15) is 11.6 Å². The van der Waals surface area contributed by atoms with Gasteiger partial charge in [-0.05, 0) is 36.4 Å². The van der Waals surface area contributed by atoms with Crippen molar-refractivity contribution in [1.29, 1.82) is 0 Å². The zero-order valence-corrected chi connectivity index (χ0v) is 10.7. The lowest BCUT2D eigenvalue weighted by Gasteiger charge is -2.18. The van der Waals surface area contributed by atoms with Crippen LogP contribution in [0, 0.1) is 11.6 Å². The normalized spacial score (nSPS) is 12.4. The second kappa shape index (κ2) is 5.91. The Bertz CT molecular complexity index is 553. The molecule has 1 atom stereocenters. The van der Waals surface area contributed by atoms with Gasteiger partial charge >= 0.3 is 0 Å². The lowest BCUT2D eigenvalue weighted by Crippen LogP contribution is -2.19. The van der Waals surface area contributed by atoms with E-state index in [0.29, 0.717) is 12.1 Å². The fourth-order valence-corrected chi connectivity index (χ4v) is 2.08. The first-order valence-corrected chi connectivity index (χ1v) is 6.07. The molecule has 0 heterocycles. The Hall–Kier alpha value is -1.78. The van der Waals surface area contributed by atoms with Gasteiger partial charge < -0.3 is 11.1 Å². The van der Waals surface area contributed by atoms with Crippen molar-refractivity contribution in [1.82, 2.24) is 5.32 Å². The first kappa shape index (κ1) is 13.6. The molecule has 0 radical (unpaired) electrons. The zero-order chi connectivity index (χ0) is 13.8. The van der Waals surface area contributed by atoms with Crippen LogP contribution < -0.4 is 11.1 Å². The molecule has 0 bridgehead atoms. The maximum atomic E-state index is 13.8. The minimum Gasteiger partial charge on any atom is -0.326 e. The molecule has 4 heteroatoms. The smallest absolute Gasteiger partial charge is 0.128 e. The average Bonchev–Trinajstić information content (AvgIpc) is 2.44. The van der Waals surface area contributed by atoms with Crippen LogP contribution in [-0.2, 0) is 6.54 Å². The molecule has 0 fully saturated rings. The molecule has 19 heavy (non-hydrogen) atoms. The third kappa shape index (κ3) is 2.97. The van der Waals surface area contributed by atoms with Crippen LogP contribution in [0.1, 0.15) is 22.7 Å². The van der Waals surface area contributed by atoms with Crippen molar-refractivity contribution in [2.45, 2.75) is 12.6 Å². The summed E-state index contributed by atoms with van der Waals surface area (Å²) in [4.78, 5) is 0. The van der Waals surface area contributed by atoms with Gasteiger partial charge in [-0.25, -0.2) is 8.78 Å². The van der Waals surface area contributed by atoms with Gasteiger partial charge in [0.2, 0.25) is 0 Å². The molecule has 2 nitrogen and oxygen atoms in total. The van der Waals surface area contributed by atoms with E-state index in [1.54, 1.807) is 7.05 Å². The van der Waals surface area contributed by atoms with Crippen LogP contribution in [0.2, 0.25) is 0 Å². The Kier molecular flexibility index (Phi) is 4.24. The highest BCUT2D eigenvalue weighted by atomic mass is 19.1. The summed E-state index contributed by atoms with van der Waals surface area (Å²) >= 11 is 0. The molecule has 0 aliphatic heterocycles. The summed E-state index contributed by atoms with van der Waals surface area (Å²) in [6, 6.07) is 10.6. The molecule has 1 unspecified atom stereocenters. The second-order valence-electron chi connectivity index (χ2n) is 4.33. The molecule has 0 saturated heterocycles. The van der Waals surface area contributed by atoms with E-state index in [4.69, 9.17) is 5.73 Å². The predicted molar refractivity (Wildman–Crippen MR) is 71.6 cm³/mol. The molecule has 0 aliphatic rings. The number of hydrogen-bond acceptors (Lipinski definition) is 2. The maximum absolute atomic E-state index is 13.8. The number of hydrogen-bond donors (Lipinski definition) is 2.